The van der Waals surface area contributed by atoms with Gasteiger partial charge in [-0.3, -0.25) is 4.57 Å². The van der Waals surface area contributed by atoms with Crippen LogP contribution in [0.15, 0.2) is 0 Å². The van der Waals surface area contributed by atoms with Crippen LogP contribution in [0.3, 0.4) is 0 Å². The van der Waals surface area contributed by atoms with Gasteiger partial charge in [0.05, 0.1) is 6.61 Å². The van der Waals surface area contributed by atoms with Gasteiger partial charge >= 0.3 is 5.82 Å². The molecule has 0 saturated carbocycles. The van der Waals surface area contributed by atoms with Crippen LogP contribution in [0.5, 0.6) is 0 Å². The summed E-state index contributed by atoms with van der Waals surface area (Å²) in [5.74, 6) is 0.932. The smallest absolute Gasteiger partial charge is 0.395 e. The van der Waals surface area contributed by atoms with Crippen molar-refractivity contribution in [3.05, 3.63) is 15.9 Å². The van der Waals surface area contributed by atoms with E-state index in [4.69, 9.17) is 0 Å². The normalized spacial score (nSPS) is 11.1. The summed E-state index contributed by atoms with van der Waals surface area (Å²) >= 11 is 0. The molecule has 1 aromatic rings. The number of aromatic nitrogens is 2. The molecule has 0 aromatic carbocycles. The molecule has 0 aliphatic rings. The largest absolute Gasteiger partial charge is 0.406 e. The van der Waals surface area contributed by atoms with E-state index < -0.39 is 4.92 Å². The molecule has 0 atom stereocenters. The first-order valence-corrected chi connectivity index (χ1v) is 6.53. The van der Waals surface area contributed by atoms with Crippen LogP contribution in [-0.4, -0.2) is 38.8 Å². The van der Waals surface area contributed by atoms with Crippen LogP contribution in [0.4, 0.5) is 11.6 Å². The molecule has 0 bridgehead atoms. The van der Waals surface area contributed by atoms with E-state index in [1.807, 2.05) is 18.7 Å². The molecule has 1 aromatic heterocycles. The number of aryl methyl sites for hydroxylation is 1. The second kappa shape index (κ2) is 6.51. The number of hydrogen-bond donors (Lipinski definition) is 1. The third-order valence-corrected chi connectivity index (χ3v) is 3.44. The average Bonchev–Trinajstić information content (AvgIpc) is 2.66. The van der Waals surface area contributed by atoms with E-state index in [2.05, 4.69) is 4.98 Å². The van der Waals surface area contributed by atoms with Crippen LogP contribution in [0, 0.1) is 17.0 Å². The topological polar surface area (TPSA) is 84.4 Å². The van der Waals surface area contributed by atoms with Gasteiger partial charge in [0.15, 0.2) is 0 Å². The Bertz CT molecular complexity index is 440. The van der Waals surface area contributed by atoms with Crippen molar-refractivity contribution in [2.24, 2.45) is 7.05 Å². The Hall–Kier alpha value is -1.63. The highest BCUT2D eigenvalue weighted by molar-refractivity contribution is 5.56. The summed E-state index contributed by atoms with van der Waals surface area (Å²) in [4.78, 5) is 16.6. The van der Waals surface area contributed by atoms with Crippen molar-refractivity contribution in [3.8, 4) is 0 Å². The van der Waals surface area contributed by atoms with E-state index >= 15 is 0 Å². The standard InChI is InChI=1S/C12H22N4O3/c1-5-10(6-2)15(7-8-17)12-11(16(18)19)13-9(3)14(12)4/h10,17H,5-8H2,1-4H3. The van der Waals surface area contributed by atoms with Crippen LogP contribution in [0.2, 0.25) is 0 Å². The lowest BCUT2D eigenvalue weighted by molar-refractivity contribution is -0.388. The molecule has 0 saturated heterocycles. The van der Waals surface area contributed by atoms with Crippen LogP contribution in [0.25, 0.3) is 0 Å². The van der Waals surface area contributed by atoms with Gasteiger partial charge in [0.1, 0.15) is 0 Å². The molecule has 1 heterocycles. The van der Waals surface area contributed by atoms with Crippen molar-refractivity contribution in [1.82, 2.24) is 9.55 Å². The van der Waals surface area contributed by atoms with Crippen molar-refractivity contribution >= 4 is 11.6 Å². The number of anilines is 1. The Labute approximate surface area is 113 Å². The molecule has 0 fully saturated rings. The first kappa shape index (κ1) is 15.4. The first-order valence-electron chi connectivity index (χ1n) is 6.53. The van der Waals surface area contributed by atoms with Crippen molar-refractivity contribution < 1.29 is 10.0 Å². The summed E-state index contributed by atoms with van der Waals surface area (Å²) in [5.41, 5.74) is 0. The minimum absolute atomic E-state index is 0.0438. The Morgan fingerprint density at radius 2 is 2.05 bits per heavy atom. The van der Waals surface area contributed by atoms with E-state index in [0.717, 1.165) is 12.8 Å². The molecule has 1 N–H and O–H groups in total. The van der Waals surface area contributed by atoms with Gasteiger partial charge < -0.3 is 20.1 Å². The van der Waals surface area contributed by atoms with Gasteiger partial charge in [0.25, 0.3) is 0 Å². The number of aliphatic hydroxyl groups excluding tert-OH is 1. The van der Waals surface area contributed by atoms with Gasteiger partial charge in [0, 0.05) is 26.6 Å². The number of rotatable bonds is 7. The predicted octanol–water partition coefficient (Wildman–Crippen LogP) is 1.62. The highest BCUT2D eigenvalue weighted by Crippen LogP contribution is 2.30. The van der Waals surface area contributed by atoms with Crippen LogP contribution in [0.1, 0.15) is 32.5 Å². The maximum absolute atomic E-state index is 11.1. The maximum Gasteiger partial charge on any atom is 0.406 e. The molecular weight excluding hydrogens is 248 g/mol. The zero-order valence-electron chi connectivity index (χ0n) is 12.0. The van der Waals surface area contributed by atoms with Crippen molar-refractivity contribution in [2.45, 2.75) is 39.7 Å². The minimum atomic E-state index is -0.463. The molecular formula is C12H22N4O3. The fraction of sp³-hybridized carbons (Fsp3) is 0.750. The maximum atomic E-state index is 11.1. The monoisotopic (exact) mass is 270 g/mol. The fourth-order valence-corrected chi connectivity index (χ4v) is 2.32. The number of nitro groups is 1. The van der Waals surface area contributed by atoms with Gasteiger partial charge in [-0.2, -0.15) is 0 Å². The molecule has 7 heteroatoms. The second-order valence-electron chi connectivity index (χ2n) is 4.51. The summed E-state index contributed by atoms with van der Waals surface area (Å²) in [6.07, 6.45) is 1.72. The van der Waals surface area contributed by atoms with Gasteiger partial charge in [-0.25, -0.2) is 0 Å². The molecule has 19 heavy (non-hydrogen) atoms. The molecule has 0 radical (unpaired) electrons. The molecule has 7 nitrogen and oxygen atoms in total. The molecule has 0 spiro atoms. The second-order valence-corrected chi connectivity index (χ2v) is 4.51. The van der Waals surface area contributed by atoms with E-state index in [1.165, 1.54) is 0 Å². The average molecular weight is 270 g/mol. The van der Waals surface area contributed by atoms with Gasteiger partial charge in [-0.05, 0) is 22.7 Å². The van der Waals surface area contributed by atoms with Crippen molar-refractivity contribution in [3.63, 3.8) is 0 Å². The third-order valence-electron chi connectivity index (χ3n) is 3.44. The van der Waals surface area contributed by atoms with Gasteiger partial charge in [0.2, 0.25) is 11.6 Å². The number of hydrogen-bond acceptors (Lipinski definition) is 5. The van der Waals surface area contributed by atoms with Gasteiger partial charge in [-0.1, -0.05) is 13.8 Å². The third kappa shape index (κ3) is 3.04. The van der Waals surface area contributed by atoms with Crippen LogP contribution in [-0.2, 0) is 7.05 Å². The zero-order chi connectivity index (χ0) is 14.6. The summed E-state index contributed by atoms with van der Waals surface area (Å²) in [7, 11) is 1.76. The summed E-state index contributed by atoms with van der Waals surface area (Å²) in [6, 6.07) is 0.153. The fourth-order valence-electron chi connectivity index (χ4n) is 2.32. The highest BCUT2D eigenvalue weighted by Gasteiger charge is 2.30. The van der Waals surface area contributed by atoms with Crippen LogP contribution < -0.4 is 4.90 Å². The first-order chi connectivity index (χ1) is 8.97. The summed E-state index contributed by atoms with van der Waals surface area (Å²) < 4.78 is 1.71. The predicted molar refractivity (Wildman–Crippen MR) is 73.4 cm³/mol. The van der Waals surface area contributed by atoms with E-state index in [1.54, 1.807) is 18.5 Å². The highest BCUT2D eigenvalue weighted by atomic mass is 16.6. The molecule has 0 aliphatic heterocycles. The lowest BCUT2D eigenvalue weighted by Crippen LogP contribution is -2.38. The zero-order valence-corrected chi connectivity index (χ0v) is 12.0. The lowest BCUT2D eigenvalue weighted by atomic mass is 10.1. The number of imidazole rings is 1. The SMILES string of the molecule is CCC(CC)N(CCO)c1c([N+](=O)[O-])nc(C)n1C. The Kier molecular flexibility index (Phi) is 5.29. The molecule has 0 amide bonds. The van der Waals surface area contributed by atoms with E-state index in [-0.39, 0.29) is 18.5 Å². The Morgan fingerprint density at radius 1 is 1.47 bits per heavy atom. The minimum Gasteiger partial charge on any atom is -0.395 e. The van der Waals surface area contributed by atoms with Crippen molar-refractivity contribution in [2.75, 3.05) is 18.1 Å². The molecule has 108 valence electrons. The quantitative estimate of drug-likeness (QED) is 0.601. The molecule has 1 rings (SSSR count). The molecule has 0 aliphatic carbocycles. The summed E-state index contributed by atoms with van der Waals surface area (Å²) in [5, 5.41) is 20.4. The van der Waals surface area contributed by atoms with E-state index in [0.29, 0.717) is 18.2 Å². The number of nitrogens with zero attached hydrogens (tertiary/aromatic N) is 4. The van der Waals surface area contributed by atoms with Crippen molar-refractivity contribution in [1.29, 1.82) is 0 Å². The van der Waals surface area contributed by atoms with E-state index in [9.17, 15) is 15.2 Å². The summed E-state index contributed by atoms with van der Waals surface area (Å²) in [6.45, 7) is 6.13. The Balaban J connectivity index is 3.32. The van der Waals surface area contributed by atoms with Gasteiger partial charge in [-0.15, -0.1) is 0 Å². The number of aliphatic hydroxyl groups is 1. The lowest BCUT2D eigenvalue weighted by Gasteiger charge is -2.31. The Morgan fingerprint density at radius 3 is 2.47 bits per heavy atom. The van der Waals surface area contributed by atoms with Crippen LogP contribution >= 0.6 is 0 Å². The molecule has 0 unspecified atom stereocenters.